The van der Waals surface area contributed by atoms with Crippen LogP contribution in [0.15, 0.2) is 36.4 Å². The number of hydrogen-bond acceptors (Lipinski definition) is 4. The Morgan fingerprint density at radius 1 is 1.22 bits per heavy atom. The molecule has 3 rings (SSSR count). The van der Waals surface area contributed by atoms with Gasteiger partial charge in [-0.05, 0) is 37.3 Å². The highest BCUT2D eigenvalue weighted by Gasteiger charge is 2.11. The van der Waals surface area contributed by atoms with Crippen molar-refractivity contribution in [2.75, 3.05) is 18.4 Å². The minimum absolute atomic E-state index is 0.280. The summed E-state index contributed by atoms with van der Waals surface area (Å²) in [5, 5.41) is 14.1. The third-order valence-electron chi connectivity index (χ3n) is 3.37. The lowest BCUT2D eigenvalue weighted by molar-refractivity contribution is 0.0951. The van der Waals surface area contributed by atoms with E-state index in [0.29, 0.717) is 35.5 Å². The lowest BCUT2D eigenvalue weighted by atomic mass is 10.2. The monoisotopic (exact) mass is 313 g/mol. The summed E-state index contributed by atoms with van der Waals surface area (Å²) >= 11 is 0. The Balaban J connectivity index is 1.54. The molecule has 6 nitrogen and oxygen atoms in total. The molecule has 118 valence electrons. The van der Waals surface area contributed by atoms with Gasteiger partial charge in [0, 0.05) is 24.0 Å². The van der Waals surface area contributed by atoms with Gasteiger partial charge in [0.15, 0.2) is 0 Å². The minimum Gasteiger partial charge on any atom is -0.367 e. The highest BCUT2D eigenvalue weighted by atomic mass is 19.1. The molecule has 0 radical (unpaired) electrons. The molecule has 0 saturated heterocycles. The lowest BCUT2D eigenvalue weighted by Crippen LogP contribution is -2.29. The van der Waals surface area contributed by atoms with Crippen molar-refractivity contribution in [1.29, 1.82) is 0 Å². The van der Waals surface area contributed by atoms with Gasteiger partial charge in [-0.2, -0.15) is 5.10 Å². The maximum atomic E-state index is 13.6. The van der Waals surface area contributed by atoms with Crippen molar-refractivity contribution in [3.8, 4) is 0 Å². The van der Waals surface area contributed by atoms with Gasteiger partial charge >= 0.3 is 0 Å². The molecular formula is C16H16FN5O. The number of aromatic nitrogens is 3. The van der Waals surface area contributed by atoms with E-state index in [0.717, 1.165) is 5.69 Å². The lowest BCUT2D eigenvalue weighted by Gasteiger charge is -2.06. The average Bonchev–Trinajstić information content (AvgIpc) is 2.99. The summed E-state index contributed by atoms with van der Waals surface area (Å²) in [4.78, 5) is 15.0. The molecule has 0 saturated carbocycles. The first kappa shape index (κ1) is 15.0. The number of carbonyl (C=O) groups is 1. The van der Waals surface area contributed by atoms with Crippen molar-refractivity contribution in [3.63, 3.8) is 0 Å². The molecular weight excluding hydrogens is 297 g/mol. The van der Waals surface area contributed by atoms with Gasteiger partial charge in [-0.1, -0.05) is 6.07 Å². The zero-order chi connectivity index (χ0) is 16.2. The Bertz CT molecular complexity index is 828. The van der Waals surface area contributed by atoms with Crippen LogP contribution in [0.2, 0.25) is 0 Å². The van der Waals surface area contributed by atoms with Gasteiger partial charge in [-0.15, -0.1) is 5.10 Å². The van der Waals surface area contributed by atoms with E-state index in [-0.39, 0.29) is 11.7 Å². The van der Waals surface area contributed by atoms with Gasteiger partial charge in [0.2, 0.25) is 0 Å². The molecule has 3 N–H and O–H groups in total. The van der Waals surface area contributed by atoms with Crippen LogP contribution in [0.5, 0.6) is 0 Å². The van der Waals surface area contributed by atoms with Gasteiger partial charge in [-0.25, -0.2) is 4.39 Å². The third-order valence-corrected chi connectivity index (χ3v) is 3.37. The van der Waals surface area contributed by atoms with Crippen LogP contribution in [0.1, 0.15) is 16.2 Å². The molecule has 0 aliphatic heterocycles. The third kappa shape index (κ3) is 3.45. The molecule has 1 amide bonds. The Morgan fingerprint density at radius 2 is 2.09 bits per heavy atom. The Morgan fingerprint density at radius 3 is 2.83 bits per heavy atom. The summed E-state index contributed by atoms with van der Waals surface area (Å²) in [6.45, 7) is 2.78. The molecule has 3 aromatic rings. The smallest absolute Gasteiger partial charge is 0.267 e. The summed E-state index contributed by atoms with van der Waals surface area (Å²) < 4.78 is 13.6. The van der Waals surface area contributed by atoms with E-state index in [1.54, 1.807) is 12.1 Å². The van der Waals surface area contributed by atoms with Gasteiger partial charge in [0.25, 0.3) is 5.91 Å². The van der Waals surface area contributed by atoms with Crippen molar-refractivity contribution in [2.24, 2.45) is 0 Å². The van der Waals surface area contributed by atoms with Crippen LogP contribution in [0.25, 0.3) is 10.9 Å². The van der Waals surface area contributed by atoms with Crippen molar-refractivity contribution in [1.82, 2.24) is 20.5 Å². The van der Waals surface area contributed by atoms with Crippen molar-refractivity contribution >= 4 is 22.6 Å². The second-order valence-electron chi connectivity index (χ2n) is 5.13. The Hall–Kier alpha value is -2.96. The number of nitrogens with one attached hydrogen (secondary N) is 3. The number of H-pyrrole nitrogens is 1. The number of nitrogens with zero attached hydrogens (tertiary/aromatic N) is 2. The van der Waals surface area contributed by atoms with Crippen LogP contribution in [-0.4, -0.2) is 34.2 Å². The van der Waals surface area contributed by atoms with Crippen LogP contribution in [0.4, 0.5) is 10.2 Å². The Labute approximate surface area is 132 Å². The second-order valence-corrected chi connectivity index (χ2v) is 5.13. The predicted octanol–water partition coefficient (Wildman–Crippen LogP) is 2.25. The molecule has 1 aromatic carbocycles. The fourth-order valence-corrected chi connectivity index (χ4v) is 2.20. The number of aryl methyl sites for hydroxylation is 1. The number of carbonyl (C=O) groups excluding carboxylic acids is 1. The van der Waals surface area contributed by atoms with E-state index in [9.17, 15) is 9.18 Å². The molecule has 0 fully saturated rings. The quantitative estimate of drug-likeness (QED) is 0.631. The summed E-state index contributed by atoms with van der Waals surface area (Å²) in [7, 11) is 0. The van der Waals surface area contributed by atoms with Gasteiger partial charge in [-0.3, -0.25) is 4.79 Å². The number of halogens is 1. The largest absolute Gasteiger partial charge is 0.367 e. The molecule has 0 aliphatic rings. The fourth-order valence-electron chi connectivity index (χ4n) is 2.20. The van der Waals surface area contributed by atoms with E-state index in [1.807, 2.05) is 19.1 Å². The average molecular weight is 313 g/mol. The standard InChI is InChI=1S/C16H16FN5O/c1-10-5-6-15(22-21-10)18-7-8-19-16(23)14-9-11-12(17)3-2-4-13(11)20-14/h2-6,9,20H,7-8H2,1H3,(H,18,22)(H,19,23). The van der Waals surface area contributed by atoms with Crippen molar-refractivity contribution < 1.29 is 9.18 Å². The molecule has 2 heterocycles. The van der Waals surface area contributed by atoms with Gasteiger partial charge in [0.1, 0.15) is 17.3 Å². The summed E-state index contributed by atoms with van der Waals surface area (Å²) in [6.07, 6.45) is 0. The Kier molecular flexibility index (Phi) is 4.18. The van der Waals surface area contributed by atoms with Gasteiger partial charge in [0.05, 0.1) is 5.69 Å². The van der Waals surface area contributed by atoms with E-state index in [1.165, 1.54) is 12.1 Å². The number of amides is 1. The van der Waals surface area contributed by atoms with Gasteiger partial charge < -0.3 is 15.6 Å². The van der Waals surface area contributed by atoms with Crippen LogP contribution >= 0.6 is 0 Å². The predicted molar refractivity (Wildman–Crippen MR) is 85.8 cm³/mol. The highest BCUT2D eigenvalue weighted by molar-refractivity contribution is 5.98. The summed E-state index contributed by atoms with van der Waals surface area (Å²) in [5.41, 5.74) is 1.78. The molecule has 2 aromatic heterocycles. The molecule has 23 heavy (non-hydrogen) atoms. The number of benzene rings is 1. The van der Waals surface area contributed by atoms with E-state index in [4.69, 9.17) is 0 Å². The maximum absolute atomic E-state index is 13.6. The summed E-state index contributed by atoms with van der Waals surface area (Å²) in [5.74, 6) is 0.0207. The number of hydrogen-bond donors (Lipinski definition) is 3. The maximum Gasteiger partial charge on any atom is 0.267 e. The minimum atomic E-state index is -0.350. The molecule has 0 atom stereocenters. The van der Waals surface area contributed by atoms with Crippen molar-refractivity contribution in [2.45, 2.75) is 6.92 Å². The van der Waals surface area contributed by atoms with Crippen molar-refractivity contribution in [3.05, 3.63) is 53.6 Å². The fraction of sp³-hybridized carbons (Fsp3) is 0.188. The van der Waals surface area contributed by atoms with E-state index < -0.39 is 0 Å². The zero-order valence-electron chi connectivity index (χ0n) is 12.6. The van der Waals surface area contributed by atoms with Crippen LogP contribution in [0.3, 0.4) is 0 Å². The SMILES string of the molecule is Cc1ccc(NCCNC(=O)c2cc3c(F)cccc3[nH]2)nn1. The first-order chi connectivity index (χ1) is 11.1. The first-order valence-electron chi connectivity index (χ1n) is 7.23. The number of anilines is 1. The summed E-state index contributed by atoms with van der Waals surface area (Å²) in [6, 6.07) is 9.88. The molecule has 0 spiro atoms. The molecule has 0 aliphatic carbocycles. The molecule has 0 unspecified atom stereocenters. The zero-order valence-corrected chi connectivity index (χ0v) is 12.6. The van der Waals surface area contributed by atoms with E-state index >= 15 is 0 Å². The number of fused-ring (bicyclic) bond motifs is 1. The van der Waals surface area contributed by atoms with E-state index in [2.05, 4.69) is 25.8 Å². The second kappa shape index (κ2) is 6.43. The topological polar surface area (TPSA) is 82.7 Å². The highest BCUT2D eigenvalue weighted by Crippen LogP contribution is 2.18. The van der Waals surface area contributed by atoms with Crippen LogP contribution < -0.4 is 10.6 Å². The number of rotatable bonds is 5. The van der Waals surface area contributed by atoms with Crippen LogP contribution in [-0.2, 0) is 0 Å². The molecule has 0 bridgehead atoms. The van der Waals surface area contributed by atoms with Crippen LogP contribution in [0, 0.1) is 12.7 Å². The normalized spacial score (nSPS) is 10.7. The number of aromatic amines is 1. The first-order valence-corrected chi connectivity index (χ1v) is 7.23. The molecule has 7 heteroatoms.